The van der Waals surface area contributed by atoms with Crippen molar-refractivity contribution in [3.8, 4) is 0 Å². The van der Waals surface area contributed by atoms with Crippen LogP contribution in [0.15, 0.2) is 48.5 Å². The molecule has 1 unspecified atom stereocenters. The van der Waals surface area contributed by atoms with Crippen molar-refractivity contribution in [2.75, 3.05) is 6.54 Å². The number of hydrogen-bond acceptors (Lipinski definition) is 3. The summed E-state index contributed by atoms with van der Waals surface area (Å²) in [5, 5.41) is 12.5. The van der Waals surface area contributed by atoms with Crippen LogP contribution in [0.4, 0.5) is 0 Å². The van der Waals surface area contributed by atoms with Crippen molar-refractivity contribution in [3.05, 3.63) is 70.8 Å². The summed E-state index contributed by atoms with van der Waals surface area (Å²) in [6.07, 6.45) is 8.39. The zero-order valence-electron chi connectivity index (χ0n) is 20.9. The van der Waals surface area contributed by atoms with Crippen LogP contribution in [-0.4, -0.2) is 34.3 Å². The van der Waals surface area contributed by atoms with E-state index in [1.165, 1.54) is 12.8 Å². The number of fused-ring (bicyclic) bond motifs is 1. The minimum absolute atomic E-state index is 0.0776. The van der Waals surface area contributed by atoms with Crippen LogP contribution < -0.4 is 5.32 Å². The molecule has 2 amide bonds. The van der Waals surface area contributed by atoms with Crippen molar-refractivity contribution in [3.63, 3.8) is 0 Å². The van der Waals surface area contributed by atoms with E-state index in [9.17, 15) is 19.5 Å². The average molecular weight is 489 g/mol. The van der Waals surface area contributed by atoms with E-state index in [0.29, 0.717) is 32.0 Å². The Morgan fingerprint density at radius 2 is 1.75 bits per heavy atom. The Kier molecular flexibility index (Phi) is 7.13. The number of carbonyl (C=O) groups is 3. The number of benzene rings is 2. The Morgan fingerprint density at radius 3 is 2.42 bits per heavy atom. The molecule has 1 atom stereocenters. The van der Waals surface area contributed by atoms with Crippen molar-refractivity contribution in [1.82, 2.24) is 10.2 Å². The second-order valence-corrected chi connectivity index (χ2v) is 10.9. The van der Waals surface area contributed by atoms with Gasteiger partial charge in [0.25, 0.3) is 5.91 Å². The van der Waals surface area contributed by atoms with Crippen LogP contribution in [0.3, 0.4) is 0 Å². The molecule has 190 valence electrons. The molecule has 2 N–H and O–H groups in total. The third-order valence-electron chi connectivity index (χ3n) is 8.45. The summed E-state index contributed by atoms with van der Waals surface area (Å²) in [4.78, 5) is 39.2. The molecule has 2 saturated carbocycles. The number of hydrogen-bond donors (Lipinski definition) is 2. The molecule has 2 aromatic carbocycles. The molecule has 6 heteroatoms. The van der Waals surface area contributed by atoms with E-state index in [2.05, 4.69) is 29.6 Å². The third kappa shape index (κ3) is 5.18. The number of carboxylic acid groups (broad SMARTS) is 1. The summed E-state index contributed by atoms with van der Waals surface area (Å²) >= 11 is 0. The smallest absolute Gasteiger partial charge is 0.309 e. The van der Waals surface area contributed by atoms with Gasteiger partial charge in [-0.3, -0.25) is 14.4 Å². The number of amides is 2. The molecule has 0 bridgehead atoms. The van der Waals surface area contributed by atoms with Crippen LogP contribution in [0.1, 0.15) is 90.8 Å². The topological polar surface area (TPSA) is 86.7 Å². The van der Waals surface area contributed by atoms with Gasteiger partial charge < -0.3 is 15.3 Å². The summed E-state index contributed by atoms with van der Waals surface area (Å²) in [5.74, 6) is -0.316. The number of rotatable bonds is 11. The van der Waals surface area contributed by atoms with E-state index in [1.807, 2.05) is 29.2 Å². The Morgan fingerprint density at radius 1 is 1.03 bits per heavy atom. The lowest BCUT2D eigenvalue weighted by atomic mass is 9.83. The summed E-state index contributed by atoms with van der Waals surface area (Å²) < 4.78 is 0. The zero-order valence-corrected chi connectivity index (χ0v) is 20.9. The molecule has 2 fully saturated rings. The molecule has 36 heavy (non-hydrogen) atoms. The van der Waals surface area contributed by atoms with Crippen molar-refractivity contribution in [2.45, 2.75) is 76.8 Å². The van der Waals surface area contributed by atoms with Gasteiger partial charge in [0.2, 0.25) is 5.91 Å². The molecule has 0 aromatic heterocycles. The highest BCUT2D eigenvalue weighted by atomic mass is 16.4. The van der Waals surface area contributed by atoms with Gasteiger partial charge in [0, 0.05) is 25.2 Å². The fraction of sp³-hybridized carbons (Fsp3) is 0.500. The van der Waals surface area contributed by atoms with Crippen molar-refractivity contribution < 1.29 is 19.5 Å². The monoisotopic (exact) mass is 488 g/mol. The summed E-state index contributed by atoms with van der Waals surface area (Å²) in [6, 6.07) is 16.0. The molecular formula is C30H36N2O4. The molecule has 3 aliphatic rings. The van der Waals surface area contributed by atoms with Crippen LogP contribution in [0.25, 0.3) is 0 Å². The average Bonchev–Trinajstić information content (AvgIpc) is 3.36. The van der Waals surface area contributed by atoms with E-state index in [0.717, 1.165) is 60.8 Å². The first kappa shape index (κ1) is 24.5. The number of nitrogens with zero attached hydrogens (tertiary/aromatic N) is 1. The Bertz CT molecular complexity index is 1120. The standard InChI is InChI=1S/C30H36N2O4/c33-27(31-18-6-5-15-30(16-17-30)29(35)36)26(22-7-1-2-8-22)23-13-11-21(12-14-23)19-32-20-24-9-3-4-10-25(24)28(32)34/h3-4,9-14,22,26H,1-2,5-8,15-20H2,(H,31,33)(H,35,36). The maximum Gasteiger partial charge on any atom is 0.309 e. The van der Waals surface area contributed by atoms with Gasteiger partial charge in [-0.25, -0.2) is 0 Å². The summed E-state index contributed by atoms with van der Waals surface area (Å²) in [6.45, 7) is 1.79. The van der Waals surface area contributed by atoms with Crippen LogP contribution in [0, 0.1) is 11.3 Å². The van der Waals surface area contributed by atoms with Gasteiger partial charge in [-0.05, 0) is 67.2 Å². The highest BCUT2D eigenvalue weighted by molar-refractivity contribution is 5.98. The molecule has 0 spiro atoms. The molecule has 1 heterocycles. The molecule has 2 aliphatic carbocycles. The number of aliphatic carboxylic acids is 1. The van der Waals surface area contributed by atoms with Gasteiger partial charge in [0.05, 0.1) is 11.3 Å². The highest BCUT2D eigenvalue weighted by Crippen LogP contribution is 2.50. The van der Waals surface area contributed by atoms with E-state index in [1.54, 1.807) is 0 Å². The summed E-state index contributed by atoms with van der Waals surface area (Å²) in [5.41, 5.74) is 3.50. The summed E-state index contributed by atoms with van der Waals surface area (Å²) in [7, 11) is 0. The van der Waals surface area contributed by atoms with E-state index >= 15 is 0 Å². The van der Waals surface area contributed by atoms with Gasteiger partial charge in [0.15, 0.2) is 0 Å². The molecule has 6 nitrogen and oxygen atoms in total. The van der Waals surface area contributed by atoms with Crippen molar-refractivity contribution in [1.29, 1.82) is 0 Å². The van der Waals surface area contributed by atoms with Crippen molar-refractivity contribution >= 4 is 17.8 Å². The fourth-order valence-corrected chi connectivity index (χ4v) is 6.05. The first-order valence-electron chi connectivity index (χ1n) is 13.4. The molecule has 0 saturated heterocycles. The second-order valence-electron chi connectivity index (χ2n) is 10.9. The van der Waals surface area contributed by atoms with Crippen LogP contribution in [0.5, 0.6) is 0 Å². The first-order valence-corrected chi connectivity index (χ1v) is 13.4. The normalized spacial score (nSPS) is 19.2. The second kappa shape index (κ2) is 10.5. The third-order valence-corrected chi connectivity index (χ3v) is 8.45. The number of carboxylic acids is 1. The quantitative estimate of drug-likeness (QED) is 0.422. The lowest BCUT2D eigenvalue weighted by Crippen LogP contribution is -2.33. The van der Waals surface area contributed by atoms with Gasteiger partial charge in [0.1, 0.15) is 0 Å². The van der Waals surface area contributed by atoms with E-state index in [-0.39, 0.29) is 17.7 Å². The van der Waals surface area contributed by atoms with Gasteiger partial charge in [-0.1, -0.05) is 61.7 Å². The Labute approximate surface area is 213 Å². The Balaban J connectivity index is 1.18. The van der Waals surface area contributed by atoms with Gasteiger partial charge in [-0.2, -0.15) is 0 Å². The largest absolute Gasteiger partial charge is 0.481 e. The zero-order chi connectivity index (χ0) is 25.1. The molecule has 5 rings (SSSR count). The number of nitrogens with one attached hydrogen (secondary N) is 1. The number of unbranched alkanes of at least 4 members (excludes halogenated alkanes) is 1. The van der Waals surface area contributed by atoms with Gasteiger partial charge in [-0.15, -0.1) is 0 Å². The minimum Gasteiger partial charge on any atom is -0.481 e. The molecule has 1 aliphatic heterocycles. The van der Waals surface area contributed by atoms with Crippen molar-refractivity contribution in [2.24, 2.45) is 11.3 Å². The molecular weight excluding hydrogens is 452 g/mol. The SMILES string of the molecule is O=C(NCCCCC1(C(=O)O)CC1)C(c1ccc(CN2Cc3ccccc3C2=O)cc1)C1CCCC1. The lowest BCUT2D eigenvalue weighted by molar-refractivity contribution is -0.143. The maximum atomic E-state index is 13.3. The molecule has 0 radical (unpaired) electrons. The highest BCUT2D eigenvalue weighted by Gasteiger charge is 2.49. The minimum atomic E-state index is -0.671. The molecule has 2 aromatic rings. The Hall–Kier alpha value is -3.15. The lowest BCUT2D eigenvalue weighted by Gasteiger charge is -2.24. The van der Waals surface area contributed by atoms with E-state index in [4.69, 9.17) is 0 Å². The maximum absolute atomic E-state index is 13.3. The van der Waals surface area contributed by atoms with E-state index < -0.39 is 11.4 Å². The van der Waals surface area contributed by atoms with Crippen LogP contribution >= 0.6 is 0 Å². The van der Waals surface area contributed by atoms with Crippen LogP contribution in [-0.2, 0) is 22.7 Å². The number of carbonyl (C=O) groups excluding carboxylic acids is 2. The predicted molar refractivity (Wildman–Crippen MR) is 137 cm³/mol. The van der Waals surface area contributed by atoms with Gasteiger partial charge >= 0.3 is 5.97 Å². The fourth-order valence-electron chi connectivity index (χ4n) is 6.05. The predicted octanol–water partition coefficient (Wildman–Crippen LogP) is 5.27. The first-order chi connectivity index (χ1) is 17.5. The van der Waals surface area contributed by atoms with Crippen LogP contribution in [0.2, 0.25) is 0 Å².